The third kappa shape index (κ3) is 3.63. The van der Waals surface area contributed by atoms with Gasteiger partial charge >= 0.3 is 0 Å². The predicted octanol–water partition coefficient (Wildman–Crippen LogP) is 3.97. The topological polar surface area (TPSA) is 76.3 Å². The average molecular weight is 448 g/mol. The first-order chi connectivity index (χ1) is 15.8. The molecule has 0 radical (unpaired) electrons. The summed E-state index contributed by atoms with van der Waals surface area (Å²) in [6, 6.07) is 6.91. The van der Waals surface area contributed by atoms with Gasteiger partial charge < -0.3 is 4.90 Å². The molecular weight excluding hydrogens is 426 g/mol. The number of hydrogen-bond acceptors (Lipinski definition) is 6. The normalized spacial score (nSPS) is 13.6. The van der Waals surface area contributed by atoms with Crippen LogP contribution >= 0.6 is 0 Å². The van der Waals surface area contributed by atoms with E-state index in [-0.39, 0.29) is 5.65 Å². The van der Waals surface area contributed by atoms with Gasteiger partial charge in [-0.1, -0.05) is 6.07 Å². The van der Waals surface area contributed by atoms with Crippen LogP contribution in [0.2, 0.25) is 0 Å². The number of pyridine rings is 2. The maximum Gasteiger partial charge on any atom is 0.280 e. The average Bonchev–Trinajstić information content (AvgIpc) is 2.81. The molecule has 33 heavy (non-hydrogen) atoms. The van der Waals surface area contributed by atoms with E-state index < -0.39 is 17.7 Å². The van der Waals surface area contributed by atoms with Crippen LogP contribution in [0.15, 0.2) is 41.5 Å². The van der Waals surface area contributed by atoms with Gasteiger partial charge in [0.25, 0.3) is 12.0 Å². The van der Waals surface area contributed by atoms with Gasteiger partial charge in [-0.25, -0.2) is 13.8 Å². The van der Waals surface area contributed by atoms with Crippen LogP contribution in [0.25, 0.3) is 16.8 Å². The summed E-state index contributed by atoms with van der Waals surface area (Å²) in [5, 5.41) is 4.52. The molecule has 0 saturated heterocycles. The number of hydrogen-bond donors (Lipinski definition) is 0. The molecule has 0 unspecified atom stereocenters. The number of rotatable bonds is 3. The lowest BCUT2D eigenvalue weighted by atomic mass is 9.99. The van der Waals surface area contributed by atoms with E-state index in [1.165, 1.54) is 0 Å². The second kappa shape index (κ2) is 7.99. The van der Waals surface area contributed by atoms with Gasteiger partial charge in [-0.3, -0.25) is 14.8 Å². The van der Waals surface area contributed by atoms with Gasteiger partial charge in [0.15, 0.2) is 11.5 Å². The van der Waals surface area contributed by atoms with Crippen molar-refractivity contribution in [2.45, 2.75) is 40.2 Å². The maximum atomic E-state index is 13.1. The Morgan fingerprint density at radius 2 is 1.91 bits per heavy atom. The van der Waals surface area contributed by atoms with Crippen LogP contribution in [0.3, 0.4) is 0 Å². The van der Waals surface area contributed by atoms with E-state index in [1.807, 2.05) is 32.2 Å². The molecular formula is C24H22F2N6O. The van der Waals surface area contributed by atoms with Gasteiger partial charge in [-0.15, -0.1) is 5.10 Å². The third-order valence-corrected chi connectivity index (χ3v) is 6.22. The maximum absolute atomic E-state index is 13.1. The fraction of sp³-hybridized carbons (Fsp3) is 0.292. The summed E-state index contributed by atoms with van der Waals surface area (Å²) in [5.41, 5.74) is 5.56. The second-order valence-corrected chi connectivity index (χ2v) is 8.27. The molecule has 9 heteroatoms. The number of fused-ring (bicyclic) bond motifs is 2. The summed E-state index contributed by atoms with van der Waals surface area (Å²) in [6.07, 6.45) is 1.57. The molecule has 168 valence electrons. The van der Waals surface area contributed by atoms with E-state index in [2.05, 4.69) is 31.0 Å². The highest BCUT2D eigenvalue weighted by atomic mass is 19.3. The van der Waals surface area contributed by atoms with E-state index in [9.17, 15) is 13.6 Å². The van der Waals surface area contributed by atoms with Gasteiger partial charge in [0, 0.05) is 71.6 Å². The number of anilines is 1. The monoisotopic (exact) mass is 448 g/mol. The summed E-state index contributed by atoms with van der Waals surface area (Å²) >= 11 is 0. The Bertz CT molecular complexity index is 1450. The quantitative estimate of drug-likeness (QED) is 0.472. The van der Waals surface area contributed by atoms with Crippen molar-refractivity contribution in [3.8, 4) is 11.1 Å². The molecule has 0 spiro atoms. The standard InChI is InChI=1S/C24H22F2N6O/c1-13-14(2)24(30-32-21(33)10-20(22(25)26)29-23(13)32)31-8-6-19-17(12-31)9-16(11-28-19)18-5-4-7-27-15(18)3/h4-5,7,9-11,22H,6,8,12H2,1-3H3. The van der Waals surface area contributed by atoms with Crippen LogP contribution in [0, 0.1) is 20.8 Å². The lowest BCUT2D eigenvalue weighted by molar-refractivity contribution is 0.146. The fourth-order valence-corrected chi connectivity index (χ4v) is 4.29. The van der Waals surface area contributed by atoms with Crippen molar-refractivity contribution >= 4 is 11.5 Å². The molecule has 0 bridgehead atoms. The Kier molecular flexibility index (Phi) is 5.11. The molecule has 0 atom stereocenters. The Morgan fingerprint density at radius 1 is 1.09 bits per heavy atom. The van der Waals surface area contributed by atoms with E-state index in [0.29, 0.717) is 24.5 Å². The molecule has 4 aromatic rings. The van der Waals surface area contributed by atoms with Gasteiger partial charge in [0.05, 0.1) is 0 Å². The molecule has 5 rings (SSSR count). The summed E-state index contributed by atoms with van der Waals surface area (Å²) in [6.45, 7) is 6.88. The molecule has 0 N–H and O–H groups in total. The SMILES string of the molecule is Cc1ncccc1-c1cnc2c(c1)CN(c1nn3c(=O)cc(C(F)F)nc3c(C)c1C)CC2. The highest BCUT2D eigenvalue weighted by molar-refractivity contribution is 5.66. The lowest BCUT2D eigenvalue weighted by Gasteiger charge is -2.31. The smallest absolute Gasteiger partial charge is 0.280 e. The largest absolute Gasteiger partial charge is 0.350 e. The molecule has 7 nitrogen and oxygen atoms in total. The summed E-state index contributed by atoms with van der Waals surface area (Å²) in [5.74, 6) is 0.641. The predicted molar refractivity (Wildman–Crippen MR) is 121 cm³/mol. The van der Waals surface area contributed by atoms with E-state index >= 15 is 0 Å². The Morgan fingerprint density at radius 3 is 2.67 bits per heavy atom. The van der Waals surface area contributed by atoms with Crippen molar-refractivity contribution in [2.24, 2.45) is 0 Å². The molecule has 0 fully saturated rings. The van der Waals surface area contributed by atoms with Crippen LogP contribution in [-0.4, -0.2) is 31.1 Å². The fourth-order valence-electron chi connectivity index (χ4n) is 4.29. The minimum absolute atomic E-state index is 0.160. The van der Waals surface area contributed by atoms with Gasteiger partial charge in [-0.05, 0) is 38.5 Å². The molecule has 0 amide bonds. The van der Waals surface area contributed by atoms with Crippen molar-refractivity contribution in [1.82, 2.24) is 24.6 Å². The summed E-state index contributed by atoms with van der Waals surface area (Å²) in [7, 11) is 0. The molecule has 5 heterocycles. The number of aromatic nitrogens is 5. The highest BCUT2D eigenvalue weighted by Gasteiger charge is 2.24. The van der Waals surface area contributed by atoms with Gasteiger partial charge in [-0.2, -0.15) is 4.52 Å². The number of nitrogens with zero attached hydrogens (tertiary/aromatic N) is 6. The minimum atomic E-state index is -2.81. The van der Waals surface area contributed by atoms with Crippen molar-refractivity contribution in [2.75, 3.05) is 11.4 Å². The Balaban J connectivity index is 1.56. The van der Waals surface area contributed by atoms with E-state index in [4.69, 9.17) is 0 Å². The molecule has 0 saturated carbocycles. The highest BCUT2D eigenvalue weighted by Crippen LogP contribution is 2.30. The minimum Gasteiger partial charge on any atom is -0.350 e. The van der Waals surface area contributed by atoms with Crippen molar-refractivity contribution in [3.63, 3.8) is 0 Å². The molecule has 1 aliphatic heterocycles. The summed E-state index contributed by atoms with van der Waals surface area (Å²) < 4.78 is 27.4. The van der Waals surface area contributed by atoms with Crippen LogP contribution in [0.1, 0.15) is 40.2 Å². The van der Waals surface area contributed by atoms with E-state index in [1.54, 1.807) is 13.1 Å². The lowest BCUT2D eigenvalue weighted by Crippen LogP contribution is -2.34. The van der Waals surface area contributed by atoms with Crippen molar-refractivity contribution in [3.05, 3.63) is 80.8 Å². The molecule has 0 aromatic carbocycles. The number of alkyl halides is 2. The first-order valence-corrected chi connectivity index (χ1v) is 10.7. The summed E-state index contributed by atoms with van der Waals surface area (Å²) in [4.78, 5) is 27.7. The van der Waals surface area contributed by atoms with E-state index in [0.717, 1.165) is 50.6 Å². The Labute approximate surface area is 188 Å². The van der Waals surface area contributed by atoms with Crippen molar-refractivity contribution in [1.29, 1.82) is 0 Å². The third-order valence-electron chi connectivity index (χ3n) is 6.22. The molecule has 4 aromatic heterocycles. The number of halogens is 2. The Hall–Kier alpha value is -3.75. The molecule has 0 aliphatic carbocycles. The first-order valence-electron chi connectivity index (χ1n) is 10.7. The number of aryl methyl sites for hydroxylation is 2. The van der Waals surface area contributed by atoms with Crippen molar-refractivity contribution < 1.29 is 8.78 Å². The zero-order chi connectivity index (χ0) is 23.3. The van der Waals surface area contributed by atoms with Crippen LogP contribution in [-0.2, 0) is 13.0 Å². The first kappa shape index (κ1) is 21.1. The van der Waals surface area contributed by atoms with Crippen LogP contribution in [0.4, 0.5) is 14.6 Å². The molecule has 1 aliphatic rings. The second-order valence-electron chi connectivity index (χ2n) is 8.27. The zero-order valence-corrected chi connectivity index (χ0v) is 18.5. The van der Waals surface area contributed by atoms with Gasteiger partial charge in [0.1, 0.15) is 5.69 Å². The van der Waals surface area contributed by atoms with Gasteiger partial charge in [0.2, 0.25) is 0 Å². The zero-order valence-electron chi connectivity index (χ0n) is 18.5. The van der Waals surface area contributed by atoms with Crippen LogP contribution < -0.4 is 10.5 Å². The van der Waals surface area contributed by atoms with Crippen LogP contribution in [0.5, 0.6) is 0 Å².